The molecule has 1 rings (SSSR count). The van der Waals surface area contributed by atoms with Gasteiger partial charge in [-0.2, -0.15) is 0 Å². The lowest BCUT2D eigenvalue weighted by molar-refractivity contribution is 0.0934. The summed E-state index contributed by atoms with van der Waals surface area (Å²) in [7, 11) is 1.85. The Morgan fingerprint density at radius 1 is 1.38 bits per heavy atom. The molecule has 0 amide bonds. The highest BCUT2D eigenvalue weighted by molar-refractivity contribution is 5.98. The minimum atomic E-state index is -0.513. The van der Waals surface area contributed by atoms with Crippen LogP contribution < -0.4 is 10.9 Å². The van der Waals surface area contributed by atoms with E-state index < -0.39 is 5.63 Å². The fourth-order valence-corrected chi connectivity index (χ4v) is 2.15. The molecule has 4 heteroatoms. The predicted molar refractivity (Wildman–Crippen MR) is 84.7 cm³/mol. The zero-order chi connectivity index (χ0) is 16.0. The third-order valence-electron chi connectivity index (χ3n) is 3.48. The molecule has 1 atom stereocenters. The van der Waals surface area contributed by atoms with Crippen molar-refractivity contribution in [3.8, 4) is 0 Å². The zero-order valence-electron chi connectivity index (χ0n) is 13.5. The third-order valence-corrected chi connectivity index (χ3v) is 3.48. The predicted octanol–water partition coefficient (Wildman–Crippen LogP) is 3.40. The number of rotatable bonds is 7. The van der Waals surface area contributed by atoms with Gasteiger partial charge in [0.25, 0.3) is 0 Å². The largest absolute Gasteiger partial charge is 0.427 e. The number of ketones is 1. The van der Waals surface area contributed by atoms with Gasteiger partial charge in [-0.25, -0.2) is 4.79 Å². The summed E-state index contributed by atoms with van der Waals surface area (Å²) in [6.45, 7) is 7.39. The first-order valence-corrected chi connectivity index (χ1v) is 7.39. The molecule has 1 N–H and O–H groups in total. The van der Waals surface area contributed by atoms with Crippen molar-refractivity contribution in [1.29, 1.82) is 0 Å². The smallest absolute Gasteiger partial charge is 0.347 e. The normalized spacial score (nSPS) is 12.9. The molecule has 0 radical (unpaired) electrons. The summed E-state index contributed by atoms with van der Waals surface area (Å²) in [5.41, 5.74) is 0.384. The highest BCUT2D eigenvalue weighted by atomic mass is 16.4. The third kappa shape index (κ3) is 4.59. The van der Waals surface area contributed by atoms with Gasteiger partial charge in [-0.15, -0.1) is 0 Å². The van der Waals surface area contributed by atoms with E-state index in [0.717, 1.165) is 12.8 Å². The van der Waals surface area contributed by atoms with Crippen LogP contribution in [0.3, 0.4) is 0 Å². The topological polar surface area (TPSA) is 59.3 Å². The first-order valence-electron chi connectivity index (χ1n) is 7.39. The molecule has 4 nitrogen and oxygen atoms in total. The number of nitrogens with one attached hydrogen (secondary N) is 1. The molecule has 21 heavy (non-hydrogen) atoms. The van der Waals surface area contributed by atoms with E-state index in [1.165, 1.54) is 0 Å². The van der Waals surface area contributed by atoms with E-state index in [9.17, 15) is 9.59 Å². The first kappa shape index (κ1) is 17.2. The Balaban J connectivity index is 2.95. The summed E-state index contributed by atoms with van der Waals surface area (Å²) in [6, 6.07) is 1.82. The van der Waals surface area contributed by atoms with Gasteiger partial charge < -0.3 is 9.73 Å². The van der Waals surface area contributed by atoms with Crippen molar-refractivity contribution in [3.05, 3.63) is 45.6 Å². The number of carbonyl (C=O) groups is 1. The number of hydrogen-bond donors (Lipinski definition) is 1. The molecule has 0 aliphatic heterocycles. The maximum absolute atomic E-state index is 12.1. The lowest BCUT2D eigenvalue weighted by Crippen LogP contribution is -2.21. The molecule has 0 saturated heterocycles. The van der Waals surface area contributed by atoms with Crippen LogP contribution in [0.5, 0.6) is 0 Å². The van der Waals surface area contributed by atoms with Crippen molar-refractivity contribution in [2.24, 2.45) is 5.92 Å². The van der Waals surface area contributed by atoms with E-state index in [4.69, 9.17) is 4.42 Å². The molecule has 0 bridgehead atoms. The van der Waals surface area contributed by atoms with E-state index in [0.29, 0.717) is 11.3 Å². The molecule has 0 aliphatic rings. The summed E-state index contributed by atoms with van der Waals surface area (Å²) in [5, 5.41) is 2.94. The molecule has 0 fully saturated rings. The molecule has 1 aromatic rings. The van der Waals surface area contributed by atoms with Crippen molar-refractivity contribution < 1.29 is 9.21 Å². The zero-order valence-corrected chi connectivity index (χ0v) is 13.5. The fourth-order valence-electron chi connectivity index (χ4n) is 2.15. The molecule has 1 aromatic heterocycles. The number of carbonyl (C=O) groups excluding carboxylic acids is 1. The SMILES string of the molecule is CN/C=C/CCC(C)c1cc(C)c(C(=O)C(C)C)c(=O)o1. The Morgan fingerprint density at radius 3 is 2.57 bits per heavy atom. The Bertz CT molecular complexity index is 570. The Morgan fingerprint density at radius 2 is 2.05 bits per heavy atom. The van der Waals surface area contributed by atoms with Crippen molar-refractivity contribution in [2.75, 3.05) is 7.05 Å². The van der Waals surface area contributed by atoms with E-state index in [2.05, 4.69) is 5.32 Å². The molecule has 1 unspecified atom stereocenters. The van der Waals surface area contributed by atoms with Crippen LogP contribution in [0.25, 0.3) is 0 Å². The van der Waals surface area contributed by atoms with Crippen LogP contribution in [0.2, 0.25) is 0 Å². The van der Waals surface area contributed by atoms with Gasteiger partial charge in [-0.05, 0) is 37.6 Å². The average molecular weight is 291 g/mol. The van der Waals surface area contributed by atoms with Crippen molar-refractivity contribution in [2.45, 2.75) is 46.5 Å². The molecule has 0 aromatic carbocycles. The van der Waals surface area contributed by atoms with Crippen LogP contribution in [0.1, 0.15) is 61.2 Å². The average Bonchev–Trinajstić information content (AvgIpc) is 2.42. The van der Waals surface area contributed by atoms with Gasteiger partial charge in [0.2, 0.25) is 0 Å². The maximum atomic E-state index is 12.1. The summed E-state index contributed by atoms with van der Waals surface area (Å²) in [4.78, 5) is 24.1. The quantitative estimate of drug-likeness (QED) is 0.782. The summed E-state index contributed by atoms with van der Waals surface area (Å²) >= 11 is 0. The van der Waals surface area contributed by atoms with Crippen LogP contribution in [-0.2, 0) is 0 Å². The lowest BCUT2D eigenvalue weighted by atomic mass is 9.96. The Labute approximate surface area is 126 Å². The van der Waals surface area contributed by atoms with E-state index in [1.807, 2.05) is 32.3 Å². The number of Topliss-reactive ketones (excluding diaryl/α,β-unsaturated/α-hetero) is 1. The molecular formula is C17H25NO3. The van der Waals surface area contributed by atoms with Gasteiger partial charge in [0.1, 0.15) is 11.3 Å². The second-order valence-corrected chi connectivity index (χ2v) is 5.68. The minimum Gasteiger partial charge on any atom is -0.427 e. The van der Waals surface area contributed by atoms with Crippen molar-refractivity contribution >= 4 is 5.78 Å². The lowest BCUT2D eigenvalue weighted by Gasteiger charge is -2.12. The Hall–Kier alpha value is -1.84. The molecule has 0 saturated carbocycles. The minimum absolute atomic E-state index is 0.140. The summed E-state index contributed by atoms with van der Waals surface area (Å²) in [6.07, 6.45) is 5.71. The first-order chi connectivity index (χ1) is 9.88. The summed E-state index contributed by atoms with van der Waals surface area (Å²) < 4.78 is 5.36. The Kier molecular flexibility index (Phi) is 6.40. The van der Waals surface area contributed by atoms with Crippen LogP contribution in [0, 0.1) is 12.8 Å². The van der Waals surface area contributed by atoms with Gasteiger partial charge in [-0.3, -0.25) is 4.79 Å². The molecule has 1 heterocycles. The second kappa shape index (κ2) is 7.81. The molecule has 0 aliphatic carbocycles. The van der Waals surface area contributed by atoms with Gasteiger partial charge in [0, 0.05) is 18.9 Å². The van der Waals surface area contributed by atoms with Gasteiger partial charge in [0.05, 0.1) is 0 Å². The highest BCUT2D eigenvalue weighted by Gasteiger charge is 2.20. The van der Waals surface area contributed by atoms with Crippen LogP contribution in [0.4, 0.5) is 0 Å². The van der Waals surface area contributed by atoms with Gasteiger partial charge in [-0.1, -0.05) is 26.8 Å². The summed E-state index contributed by atoms with van der Waals surface area (Å²) in [5.74, 6) is 0.427. The highest BCUT2D eigenvalue weighted by Crippen LogP contribution is 2.22. The van der Waals surface area contributed by atoms with Crippen molar-refractivity contribution in [1.82, 2.24) is 5.32 Å². The fraction of sp³-hybridized carbons (Fsp3) is 0.529. The van der Waals surface area contributed by atoms with Gasteiger partial charge in [0.15, 0.2) is 5.78 Å². The number of aryl methyl sites for hydroxylation is 1. The van der Waals surface area contributed by atoms with Crippen LogP contribution >= 0.6 is 0 Å². The maximum Gasteiger partial charge on any atom is 0.347 e. The number of allylic oxidation sites excluding steroid dienone is 1. The second-order valence-electron chi connectivity index (χ2n) is 5.68. The van der Waals surface area contributed by atoms with E-state index in [-0.39, 0.29) is 23.2 Å². The van der Waals surface area contributed by atoms with Crippen LogP contribution in [-0.4, -0.2) is 12.8 Å². The van der Waals surface area contributed by atoms with E-state index >= 15 is 0 Å². The van der Waals surface area contributed by atoms with E-state index in [1.54, 1.807) is 20.8 Å². The molecule has 116 valence electrons. The van der Waals surface area contributed by atoms with Crippen LogP contribution in [0.15, 0.2) is 27.6 Å². The number of hydrogen-bond acceptors (Lipinski definition) is 4. The van der Waals surface area contributed by atoms with Gasteiger partial charge >= 0.3 is 5.63 Å². The molecular weight excluding hydrogens is 266 g/mol. The molecule has 0 spiro atoms. The van der Waals surface area contributed by atoms with Crippen molar-refractivity contribution in [3.63, 3.8) is 0 Å². The standard InChI is InChI=1S/C17H25NO3/c1-11(2)16(19)15-13(4)10-14(21-17(15)20)12(3)8-6-7-9-18-5/h7,9-12,18H,6,8H2,1-5H3/b9-7+. The monoisotopic (exact) mass is 291 g/mol.